The van der Waals surface area contributed by atoms with Crippen molar-refractivity contribution in [2.45, 2.75) is 4.90 Å². The van der Waals surface area contributed by atoms with Gasteiger partial charge in [0.15, 0.2) is 0 Å². The van der Waals surface area contributed by atoms with Crippen LogP contribution in [0.3, 0.4) is 0 Å². The number of carbonyl (C=O) groups excluding carboxylic acids is 1. The summed E-state index contributed by atoms with van der Waals surface area (Å²) in [5.74, 6) is -0.532. The Labute approximate surface area is 143 Å². The fourth-order valence-electron chi connectivity index (χ4n) is 2.10. The maximum absolute atomic E-state index is 12.2. The largest absolute Gasteiger partial charge is 0.312 e. The molecule has 0 aliphatic carbocycles. The van der Waals surface area contributed by atoms with Crippen LogP contribution in [0.25, 0.3) is 0 Å². The second-order valence-electron chi connectivity index (χ2n) is 4.88. The van der Waals surface area contributed by atoms with Crippen molar-refractivity contribution in [1.29, 1.82) is 0 Å². The predicted molar refractivity (Wildman–Crippen MR) is 89.3 cm³/mol. The molecule has 3 rings (SSSR count). The number of benzene rings is 1. The zero-order chi connectivity index (χ0) is 17.3. The number of pyridine rings is 1. The summed E-state index contributed by atoms with van der Waals surface area (Å²) < 4.78 is 28.1. The number of nitrogens with one attached hydrogen (secondary N) is 2. The molecule has 0 bridgehead atoms. The van der Waals surface area contributed by atoms with E-state index in [0.29, 0.717) is 16.3 Å². The normalized spacial score (nSPS) is 15.2. The lowest BCUT2D eigenvalue weighted by Crippen LogP contribution is -2.50. The summed E-state index contributed by atoms with van der Waals surface area (Å²) in [7, 11) is -2.29. The number of fused-ring (bicyclic) bond motifs is 1. The van der Waals surface area contributed by atoms with Crippen LogP contribution in [0, 0.1) is 0 Å². The molecule has 1 aliphatic heterocycles. The molecule has 0 saturated carbocycles. The first kappa shape index (κ1) is 16.2. The molecule has 1 aromatic carbocycles. The van der Waals surface area contributed by atoms with Crippen molar-refractivity contribution in [2.75, 3.05) is 11.9 Å². The smallest absolute Gasteiger partial charge is 0.287 e. The lowest BCUT2D eigenvalue weighted by molar-refractivity contribution is 0.0943. The fraction of sp³-hybridized carbons (Fsp3) is 0.0714. The SMILES string of the molecule is CN1C(NNC(=O)c2cccnc2)=NS(=O)(=O)c2ccc(Cl)cc21. The number of hydrogen-bond donors (Lipinski definition) is 2. The van der Waals surface area contributed by atoms with Crippen molar-refractivity contribution in [3.8, 4) is 0 Å². The van der Waals surface area contributed by atoms with Gasteiger partial charge in [0, 0.05) is 24.5 Å². The van der Waals surface area contributed by atoms with Crippen molar-refractivity contribution >= 4 is 39.2 Å². The molecule has 1 aliphatic rings. The van der Waals surface area contributed by atoms with Crippen LogP contribution in [0.2, 0.25) is 5.02 Å². The van der Waals surface area contributed by atoms with E-state index < -0.39 is 15.9 Å². The summed E-state index contributed by atoms with van der Waals surface area (Å²) >= 11 is 5.93. The highest BCUT2D eigenvalue weighted by Crippen LogP contribution is 2.32. The first-order valence-electron chi connectivity index (χ1n) is 6.73. The molecular formula is C14H12ClN5O3S. The lowest BCUT2D eigenvalue weighted by Gasteiger charge is -2.27. The van der Waals surface area contributed by atoms with Gasteiger partial charge in [-0.3, -0.25) is 20.6 Å². The number of carbonyl (C=O) groups is 1. The van der Waals surface area contributed by atoms with Gasteiger partial charge in [0.2, 0.25) is 5.96 Å². The van der Waals surface area contributed by atoms with Crippen LogP contribution in [0.5, 0.6) is 0 Å². The molecule has 0 atom stereocenters. The summed E-state index contributed by atoms with van der Waals surface area (Å²) in [6.07, 6.45) is 2.92. The number of rotatable bonds is 1. The number of sulfonamides is 1. The first-order chi connectivity index (χ1) is 11.4. The van der Waals surface area contributed by atoms with E-state index in [1.165, 1.54) is 35.5 Å². The van der Waals surface area contributed by atoms with Crippen molar-refractivity contribution in [2.24, 2.45) is 4.40 Å². The highest BCUT2D eigenvalue weighted by atomic mass is 35.5. The van der Waals surface area contributed by atoms with Gasteiger partial charge in [-0.1, -0.05) is 11.6 Å². The van der Waals surface area contributed by atoms with Crippen LogP contribution in [-0.4, -0.2) is 32.3 Å². The van der Waals surface area contributed by atoms with Crippen molar-refractivity contribution in [3.05, 3.63) is 53.3 Å². The number of anilines is 1. The Morgan fingerprint density at radius 2 is 2.08 bits per heavy atom. The molecule has 1 amide bonds. The highest BCUT2D eigenvalue weighted by Gasteiger charge is 2.29. The number of amides is 1. The van der Waals surface area contributed by atoms with E-state index in [1.807, 2.05) is 0 Å². The molecule has 124 valence electrons. The van der Waals surface area contributed by atoms with Crippen LogP contribution < -0.4 is 15.8 Å². The van der Waals surface area contributed by atoms with Gasteiger partial charge in [-0.25, -0.2) is 0 Å². The maximum atomic E-state index is 12.2. The molecule has 8 nitrogen and oxygen atoms in total. The van der Waals surface area contributed by atoms with Gasteiger partial charge in [0.05, 0.1) is 11.3 Å². The topological polar surface area (TPSA) is 104 Å². The average molecular weight is 366 g/mol. The third-order valence-corrected chi connectivity index (χ3v) is 4.85. The third-order valence-electron chi connectivity index (χ3n) is 3.30. The van der Waals surface area contributed by atoms with Gasteiger partial charge in [0.25, 0.3) is 15.9 Å². The molecule has 24 heavy (non-hydrogen) atoms. The van der Waals surface area contributed by atoms with Crippen molar-refractivity contribution in [3.63, 3.8) is 0 Å². The van der Waals surface area contributed by atoms with Crippen molar-refractivity contribution < 1.29 is 13.2 Å². The second-order valence-corrected chi connectivity index (χ2v) is 6.89. The Hall–Kier alpha value is -2.65. The maximum Gasteiger partial charge on any atom is 0.287 e. The van der Waals surface area contributed by atoms with E-state index in [0.717, 1.165) is 0 Å². The molecule has 10 heteroatoms. The minimum Gasteiger partial charge on any atom is -0.312 e. The van der Waals surface area contributed by atoms with E-state index in [9.17, 15) is 13.2 Å². The molecule has 2 N–H and O–H groups in total. The van der Waals surface area contributed by atoms with Crippen LogP contribution in [0.1, 0.15) is 10.4 Å². The van der Waals surface area contributed by atoms with E-state index in [1.54, 1.807) is 19.2 Å². The minimum absolute atomic E-state index is 0.0403. The Balaban J connectivity index is 1.84. The first-order valence-corrected chi connectivity index (χ1v) is 8.55. The molecular weight excluding hydrogens is 354 g/mol. The van der Waals surface area contributed by atoms with E-state index in [4.69, 9.17) is 11.6 Å². The summed E-state index contributed by atoms with van der Waals surface area (Å²) in [5.41, 5.74) is 5.57. The van der Waals surface area contributed by atoms with E-state index in [-0.39, 0.29) is 10.9 Å². The molecule has 0 saturated heterocycles. The van der Waals surface area contributed by atoms with E-state index in [2.05, 4.69) is 20.2 Å². The number of guanidine groups is 1. The molecule has 0 fully saturated rings. The molecule has 0 spiro atoms. The molecule has 1 aromatic heterocycles. The Morgan fingerprint density at radius 3 is 2.79 bits per heavy atom. The molecule has 2 aromatic rings. The summed E-state index contributed by atoms with van der Waals surface area (Å²) in [4.78, 5) is 17.4. The Kier molecular flexibility index (Phi) is 4.12. The zero-order valence-electron chi connectivity index (χ0n) is 12.4. The highest BCUT2D eigenvalue weighted by molar-refractivity contribution is 7.90. The Bertz CT molecular complexity index is 931. The van der Waals surface area contributed by atoms with E-state index >= 15 is 0 Å². The Morgan fingerprint density at radius 1 is 1.29 bits per heavy atom. The van der Waals surface area contributed by atoms with Crippen LogP contribution in [-0.2, 0) is 10.0 Å². The lowest BCUT2D eigenvalue weighted by atomic mass is 10.3. The quantitative estimate of drug-likeness (QED) is 0.735. The molecule has 2 heterocycles. The van der Waals surface area contributed by atoms with Crippen molar-refractivity contribution in [1.82, 2.24) is 15.8 Å². The second kappa shape index (κ2) is 6.10. The third kappa shape index (κ3) is 3.03. The van der Waals surface area contributed by atoms with Gasteiger partial charge < -0.3 is 4.90 Å². The number of hydrazine groups is 1. The molecule has 0 radical (unpaired) electrons. The minimum atomic E-state index is -3.89. The van der Waals surface area contributed by atoms with Crippen LogP contribution >= 0.6 is 11.6 Å². The summed E-state index contributed by atoms with van der Waals surface area (Å²) in [6.45, 7) is 0. The summed E-state index contributed by atoms with van der Waals surface area (Å²) in [5, 5.41) is 0.386. The summed E-state index contributed by atoms with van der Waals surface area (Å²) in [6, 6.07) is 7.56. The number of aromatic nitrogens is 1. The molecule has 0 unspecified atom stereocenters. The van der Waals surface area contributed by atoms with Gasteiger partial charge >= 0.3 is 0 Å². The number of nitrogens with zero attached hydrogens (tertiary/aromatic N) is 3. The monoisotopic (exact) mass is 365 g/mol. The zero-order valence-corrected chi connectivity index (χ0v) is 14.0. The average Bonchev–Trinajstić information content (AvgIpc) is 2.57. The van der Waals surface area contributed by atoms with Crippen LogP contribution in [0.4, 0.5) is 5.69 Å². The van der Waals surface area contributed by atoms with Gasteiger partial charge in [0.1, 0.15) is 4.90 Å². The standard InChI is InChI=1S/C14H12ClN5O3S/c1-20-11-7-10(15)4-5-12(11)24(22,23)19-14(20)18-17-13(21)9-3-2-6-16-8-9/h2-8H,1H3,(H,17,21)(H,18,19). The van der Waals surface area contributed by atoms with Crippen LogP contribution in [0.15, 0.2) is 52.0 Å². The number of hydrogen-bond acceptors (Lipinski definition) is 6. The fourth-order valence-corrected chi connectivity index (χ4v) is 3.46. The van der Waals surface area contributed by atoms with Gasteiger partial charge in [-0.05, 0) is 30.3 Å². The predicted octanol–water partition coefficient (Wildman–Crippen LogP) is 1.16. The van der Waals surface area contributed by atoms with Gasteiger partial charge in [-0.15, -0.1) is 4.40 Å². The van der Waals surface area contributed by atoms with Gasteiger partial charge in [-0.2, -0.15) is 8.42 Å². The number of halogens is 1.